The number of carbonyl (C=O) groups is 2. The minimum atomic E-state index is -2.03. The molecule has 0 bridgehead atoms. The number of hydrogen-bond donors (Lipinski definition) is 6. The highest BCUT2D eigenvalue weighted by atomic mass is 16.7. The fraction of sp³-hybridized carbons (Fsp3) is 0.182. The normalized spacial score (nSPS) is 13.7. The van der Waals surface area contributed by atoms with Gasteiger partial charge in [-0.25, -0.2) is 9.59 Å². The molecule has 172 valence electrons. The zero-order valence-corrected chi connectivity index (χ0v) is 17.6. The summed E-state index contributed by atoms with van der Waals surface area (Å²) in [5.41, 5.74) is 11.7. The Morgan fingerprint density at radius 2 is 1.52 bits per heavy atom. The van der Waals surface area contributed by atoms with Gasteiger partial charge < -0.3 is 31.3 Å². The molecule has 3 rings (SSSR count). The molecule has 0 amide bonds. The molecule has 33 heavy (non-hydrogen) atoms. The third-order valence-corrected chi connectivity index (χ3v) is 4.79. The van der Waals surface area contributed by atoms with Gasteiger partial charge in [0.15, 0.2) is 11.9 Å². The lowest BCUT2D eigenvalue weighted by Crippen LogP contribution is -2.48. The molecule has 0 saturated heterocycles. The molecule has 11 nitrogen and oxygen atoms in total. The molecule has 11 heteroatoms. The van der Waals surface area contributed by atoms with E-state index in [4.69, 9.17) is 31.9 Å². The Kier molecular flexibility index (Phi) is 6.75. The van der Waals surface area contributed by atoms with Crippen LogP contribution in [0.5, 0.6) is 5.75 Å². The molecule has 8 N–H and O–H groups in total. The first-order chi connectivity index (χ1) is 15.6. The van der Waals surface area contributed by atoms with Crippen molar-refractivity contribution in [1.29, 1.82) is 10.8 Å². The number of fused-ring (bicyclic) bond motifs is 1. The number of carbonyl (C=O) groups excluding carboxylic acids is 2. The van der Waals surface area contributed by atoms with Crippen LogP contribution in [0.15, 0.2) is 54.6 Å². The van der Waals surface area contributed by atoms with Gasteiger partial charge in [-0.1, -0.05) is 42.5 Å². The van der Waals surface area contributed by atoms with E-state index in [1.807, 2.05) is 0 Å². The first kappa shape index (κ1) is 23.4. The molecule has 0 aliphatic carbocycles. The largest absolute Gasteiger partial charge is 0.421 e. The van der Waals surface area contributed by atoms with Crippen LogP contribution in [0.25, 0.3) is 22.2 Å². The smallest absolute Gasteiger partial charge is 0.362 e. The molecule has 0 fully saturated rings. The molecule has 3 aromatic rings. The number of aromatic nitrogens is 1. The first-order valence-corrected chi connectivity index (χ1v) is 9.80. The summed E-state index contributed by atoms with van der Waals surface area (Å²) in [6.45, 7) is 1.25. The molecule has 0 radical (unpaired) electrons. The predicted octanol–water partition coefficient (Wildman–Crippen LogP) is 0.399. The zero-order valence-electron chi connectivity index (χ0n) is 17.6. The van der Waals surface area contributed by atoms with Crippen LogP contribution >= 0.6 is 0 Å². The number of benzene rings is 2. The van der Waals surface area contributed by atoms with Gasteiger partial charge >= 0.3 is 11.9 Å². The van der Waals surface area contributed by atoms with Crippen molar-refractivity contribution >= 4 is 34.5 Å². The summed E-state index contributed by atoms with van der Waals surface area (Å²) >= 11 is 0. The number of nitrogens with one attached hydrogen (secondary N) is 2. The van der Waals surface area contributed by atoms with Crippen LogP contribution in [-0.4, -0.2) is 50.8 Å². The monoisotopic (exact) mass is 453 g/mol. The van der Waals surface area contributed by atoms with E-state index in [2.05, 4.69) is 0 Å². The van der Waals surface area contributed by atoms with Gasteiger partial charge in [0.05, 0.1) is 5.52 Å². The summed E-state index contributed by atoms with van der Waals surface area (Å²) in [6, 6.07) is 15.1. The summed E-state index contributed by atoms with van der Waals surface area (Å²) in [5.74, 6) is -5.07. The maximum atomic E-state index is 12.8. The fourth-order valence-electron chi connectivity index (χ4n) is 3.20. The van der Waals surface area contributed by atoms with E-state index in [0.29, 0.717) is 16.5 Å². The lowest BCUT2D eigenvalue weighted by molar-refractivity contribution is -0.153. The van der Waals surface area contributed by atoms with Gasteiger partial charge in [-0.15, -0.1) is 0 Å². The average molecular weight is 453 g/mol. The lowest BCUT2D eigenvalue weighted by atomic mass is 10.0. The lowest BCUT2D eigenvalue weighted by Gasteiger charge is -2.20. The second kappa shape index (κ2) is 9.51. The van der Waals surface area contributed by atoms with Crippen molar-refractivity contribution in [3.63, 3.8) is 0 Å². The topological polar surface area (TPSA) is 198 Å². The third-order valence-electron chi connectivity index (χ3n) is 4.79. The highest BCUT2D eigenvalue weighted by molar-refractivity contribution is 6.05. The van der Waals surface area contributed by atoms with Crippen molar-refractivity contribution in [2.24, 2.45) is 17.4 Å². The van der Waals surface area contributed by atoms with E-state index in [0.717, 1.165) is 4.73 Å². The van der Waals surface area contributed by atoms with Crippen LogP contribution in [0.1, 0.15) is 6.92 Å². The average Bonchev–Trinajstić information content (AvgIpc) is 3.06. The number of rotatable bonds is 8. The van der Waals surface area contributed by atoms with E-state index in [1.54, 1.807) is 54.6 Å². The van der Waals surface area contributed by atoms with E-state index in [1.165, 1.54) is 6.92 Å². The molecule has 1 heterocycles. The minimum absolute atomic E-state index is 0.0275. The molecule has 0 aliphatic rings. The Labute approximate surface area is 188 Å². The number of nitrogens with two attached hydrogens (primary N) is 2. The van der Waals surface area contributed by atoms with E-state index >= 15 is 0 Å². The second-order valence-corrected chi connectivity index (χ2v) is 7.20. The van der Waals surface area contributed by atoms with Gasteiger partial charge in [0.25, 0.3) is 0 Å². The highest BCUT2D eigenvalue weighted by Crippen LogP contribution is 2.39. The minimum Gasteiger partial charge on any atom is -0.421 e. The Hall–Kier alpha value is -4.22. The molecule has 2 unspecified atom stereocenters. The Bertz CT molecular complexity index is 1210. The van der Waals surface area contributed by atoms with Crippen molar-refractivity contribution in [3.8, 4) is 17.0 Å². The molecule has 0 spiro atoms. The number of esters is 1. The van der Waals surface area contributed by atoms with Gasteiger partial charge in [-0.05, 0) is 19.1 Å². The SMILES string of the molecule is CC(O)C(=O)Oc1c(-c2ccccc2)n(OC(=O)C(O)C(C(=N)N)C(=N)N)c2ccccc12. The van der Waals surface area contributed by atoms with E-state index in [9.17, 15) is 19.8 Å². The van der Waals surface area contributed by atoms with Gasteiger partial charge in [0, 0.05) is 10.9 Å². The standard InChI is InChI=1S/C22H23N5O6/c1-11(28)21(30)32-18-13-9-5-6-10-14(13)27(16(18)12-7-3-2-4-8-12)33-22(31)17(29)15(19(23)24)20(25)26/h2-11,15,17,28-29H,1H3,(H3,23,24)(H3,25,26). The van der Waals surface area contributed by atoms with Gasteiger partial charge in [-0.2, -0.15) is 4.73 Å². The van der Waals surface area contributed by atoms with Crippen LogP contribution in [0, 0.1) is 16.7 Å². The van der Waals surface area contributed by atoms with Crippen LogP contribution in [0.2, 0.25) is 0 Å². The predicted molar refractivity (Wildman–Crippen MR) is 120 cm³/mol. The molecule has 2 atom stereocenters. The van der Waals surface area contributed by atoms with Crippen molar-refractivity contribution in [1.82, 2.24) is 4.73 Å². The summed E-state index contributed by atoms with van der Waals surface area (Å²) in [4.78, 5) is 30.4. The maximum absolute atomic E-state index is 12.8. The molecule has 0 aliphatic heterocycles. The number of amidine groups is 2. The number of hydrogen-bond acceptors (Lipinski definition) is 8. The van der Waals surface area contributed by atoms with Gasteiger partial charge in [0.2, 0.25) is 0 Å². The number of aliphatic hydroxyl groups is 2. The third kappa shape index (κ3) is 4.68. The van der Waals surface area contributed by atoms with E-state index in [-0.39, 0.29) is 11.4 Å². The Balaban J connectivity index is 2.18. The molecular formula is C22H23N5O6. The highest BCUT2D eigenvalue weighted by Gasteiger charge is 2.35. The number of ether oxygens (including phenoxy) is 1. The molecule has 1 aromatic heterocycles. The Morgan fingerprint density at radius 3 is 2.09 bits per heavy atom. The quantitative estimate of drug-likeness (QED) is 0.160. The van der Waals surface area contributed by atoms with Crippen LogP contribution < -0.4 is 21.0 Å². The van der Waals surface area contributed by atoms with Crippen molar-refractivity contribution < 1.29 is 29.4 Å². The summed E-state index contributed by atoms with van der Waals surface area (Å²) in [6.07, 6.45) is -3.44. The Morgan fingerprint density at radius 1 is 0.939 bits per heavy atom. The first-order valence-electron chi connectivity index (χ1n) is 9.80. The zero-order chi connectivity index (χ0) is 24.3. The van der Waals surface area contributed by atoms with Gasteiger partial charge in [0.1, 0.15) is 29.4 Å². The molecule has 0 saturated carbocycles. The van der Waals surface area contributed by atoms with Crippen LogP contribution in [0.4, 0.5) is 0 Å². The van der Waals surface area contributed by atoms with Gasteiger partial charge in [-0.3, -0.25) is 10.8 Å². The summed E-state index contributed by atoms with van der Waals surface area (Å²) < 4.78 is 6.52. The number of nitrogens with zero attached hydrogens (tertiary/aromatic N) is 1. The van der Waals surface area contributed by atoms with Crippen LogP contribution in [0.3, 0.4) is 0 Å². The number of para-hydroxylation sites is 1. The van der Waals surface area contributed by atoms with E-state index < -0.39 is 41.7 Å². The fourth-order valence-corrected chi connectivity index (χ4v) is 3.20. The van der Waals surface area contributed by atoms with Crippen molar-refractivity contribution in [2.75, 3.05) is 0 Å². The van der Waals surface area contributed by atoms with Crippen molar-refractivity contribution in [2.45, 2.75) is 19.1 Å². The second-order valence-electron chi connectivity index (χ2n) is 7.20. The summed E-state index contributed by atoms with van der Waals surface area (Å²) in [5, 5.41) is 35.5. The molecule has 2 aromatic carbocycles. The maximum Gasteiger partial charge on any atom is 0.362 e. The number of aliphatic hydroxyl groups excluding tert-OH is 2. The summed E-state index contributed by atoms with van der Waals surface area (Å²) in [7, 11) is 0. The van der Waals surface area contributed by atoms with Crippen molar-refractivity contribution in [3.05, 3.63) is 54.6 Å². The van der Waals surface area contributed by atoms with Crippen LogP contribution in [-0.2, 0) is 9.59 Å². The molecular weight excluding hydrogens is 430 g/mol.